The molecule has 116 valence electrons. The molecule has 2 rings (SSSR count). The summed E-state index contributed by atoms with van der Waals surface area (Å²) in [5.41, 5.74) is 0. The molecule has 1 aliphatic carbocycles. The van der Waals surface area contributed by atoms with E-state index in [0.29, 0.717) is 5.91 Å². The van der Waals surface area contributed by atoms with Crippen LogP contribution < -0.4 is 0 Å². The maximum absolute atomic E-state index is 12.7. The molecule has 0 bridgehead atoms. The van der Waals surface area contributed by atoms with Gasteiger partial charge in [-0.15, -0.1) is 0 Å². The molecule has 1 aliphatic heterocycles. The van der Waals surface area contributed by atoms with Crippen molar-refractivity contribution in [1.82, 2.24) is 4.90 Å². The SMILES string of the molecule is CC(O)CC1CCCN1C(=O)C1CCC(C(C)C)CC1. The average Bonchev–Trinajstić information content (AvgIpc) is 2.85. The molecule has 0 radical (unpaired) electrons. The van der Waals surface area contributed by atoms with E-state index in [1.165, 1.54) is 12.8 Å². The Morgan fingerprint density at radius 3 is 2.35 bits per heavy atom. The molecule has 3 nitrogen and oxygen atoms in total. The second-order valence-corrected chi connectivity index (χ2v) is 7.27. The summed E-state index contributed by atoms with van der Waals surface area (Å²) in [7, 11) is 0. The lowest BCUT2D eigenvalue weighted by Gasteiger charge is -2.34. The van der Waals surface area contributed by atoms with Gasteiger partial charge in [0.05, 0.1) is 6.10 Å². The maximum atomic E-state index is 12.7. The van der Waals surface area contributed by atoms with Crippen LogP contribution in [0, 0.1) is 17.8 Å². The van der Waals surface area contributed by atoms with E-state index < -0.39 is 0 Å². The van der Waals surface area contributed by atoms with E-state index in [2.05, 4.69) is 18.7 Å². The number of hydrogen-bond acceptors (Lipinski definition) is 2. The van der Waals surface area contributed by atoms with Gasteiger partial charge < -0.3 is 10.0 Å². The third-order valence-corrected chi connectivity index (χ3v) is 5.34. The van der Waals surface area contributed by atoms with Gasteiger partial charge >= 0.3 is 0 Å². The highest BCUT2D eigenvalue weighted by Crippen LogP contribution is 2.35. The number of hydrogen-bond donors (Lipinski definition) is 1. The summed E-state index contributed by atoms with van der Waals surface area (Å²) < 4.78 is 0. The molecule has 2 unspecified atom stereocenters. The number of nitrogens with zero attached hydrogens (tertiary/aromatic N) is 1. The summed E-state index contributed by atoms with van der Waals surface area (Å²) in [5.74, 6) is 2.18. The second-order valence-electron chi connectivity index (χ2n) is 7.27. The Balaban J connectivity index is 1.88. The highest BCUT2D eigenvalue weighted by atomic mass is 16.3. The minimum absolute atomic E-state index is 0.250. The Morgan fingerprint density at radius 1 is 1.15 bits per heavy atom. The first kappa shape index (κ1) is 15.8. The van der Waals surface area contributed by atoms with Crippen LogP contribution in [0.1, 0.15) is 65.7 Å². The zero-order chi connectivity index (χ0) is 14.7. The first-order chi connectivity index (χ1) is 9.49. The Hall–Kier alpha value is -0.570. The van der Waals surface area contributed by atoms with Crippen LogP contribution in [0.5, 0.6) is 0 Å². The molecule has 0 spiro atoms. The largest absolute Gasteiger partial charge is 0.393 e. The van der Waals surface area contributed by atoms with Gasteiger partial charge in [0.25, 0.3) is 0 Å². The van der Waals surface area contributed by atoms with Gasteiger partial charge in [-0.25, -0.2) is 0 Å². The topological polar surface area (TPSA) is 40.5 Å². The van der Waals surface area contributed by atoms with E-state index in [1.54, 1.807) is 0 Å². The zero-order valence-electron chi connectivity index (χ0n) is 13.3. The van der Waals surface area contributed by atoms with Crippen LogP contribution in [-0.2, 0) is 4.79 Å². The van der Waals surface area contributed by atoms with Gasteiger partial charge in [0.1, 0.15) is 0 Å². The lowest BCUT2D eigenvalue weighted by atomic mass is 9.76. The lowest BCUT2D eigenvalue weighted by Crippen LogP contribution is -2.42. The standard InChI is InChI=1S/C17H31NO2/c1-12(2)14-6-8-15(9-7-14)17(20)18-10-4-5-16(18)11-13(3)19/h12-16,19H,4-11H2,1-3H3. The van der Waals surface area contributed by atoms with Gasteiger partial charge in [-0.3, -0.25) is 4.79 Å². The van der Waals surface area contributed by atoms with Gasteiger partial charge in [0.15, 0.2) is 0 Å². The summed E-state index contributed by atoms with van der Waals surface area (Å²) >= 11 is 0. The molecule has 3 heteroatoms. The van der Waals surface area contributed by atoms with E-state index in [1.807, 2.05) is 6.92 Å². The highest BCUT2D eigenvalue weighted by molar-refractivity contribution is 5.79. The van der Waals surface area contributed by atoms with Crippen LogP contribution in [-0.4, -0.2) is 34.6 Å². The van der Waals surface area contributed by atoms with E-state index in [0.717, 1.165) is 50.5 Å². The molecule has 0 aromatic carbocycles. The van der Waals surface area contributed by atoms with Gasteiger partial charge in [-0.1, -0.05) is 13.8 Å². The number of aliphatic hydroxyl groups excluding tert-OH is 1. The van der Waals surface area contributed by atoms with Crippen molar-refractivity contribution in [2.24, 2.45) is 17.8 Å². The predicted octanol–water partition coefficient (Wildman–Crippen LogP) is 3.21. The molecule has 2 aliphatic rings. The molecule has 1 N–H and O–H groups in total. The van der Waals surface area contributed by atoms with Crippen molar-refractivity contribution < 1.29 is 9.90 Å². The molecule has 1 heterocycles. The Labute approximate surface area is 123 Å². The van der Waals surface area contributed by atoms with Crippen LogP contribution in [0.4, 0.5) is 0 Å². The third-order valence-electron chi connectivity index (χ3n) is 5.34. The molecular formula is C17H31NO2. The van der Waals surface area contributed by atoms with Crippen molar-refractivity contribution in [1.29, 1.82) is 0 Å². The molecule has 1 amide bonds. The molecule has 2 fully saturated rings. The summed E-state index contributed by atoms with van der Waals surface area (Å²) in [6.07, 6.45) is 7.17. The van der Waals surface area contributed by atoms with Crippen molar-refractivity contribution in [2.45, 2.75) is 77.9 Å². The zero-order valence-corrected chi connectivity index (χ0v) is 13.3. The summed E-state index contributed by atoms with van der Waals surface area (Å²) in [4.78, 5) is 14.8. The summed E-state index contributed by atoms with van der Waals surface area (Å²) in [6, 6.07) is 0.283. The van der Waals surface area contributed by atoms with Crippen LogP contribution in [0.25, 0.3) is 0 Å². The van der Waals surface area contributed by atoms with Crippen molar-refractivity contribution in [2.75, 3.05) is 6.54 Å². The van der Waals surface area contributed by atoms with Crippen LogP contribution in [0.3, 0.4) is 0 Å². The van der Waals surface area contributed by atoms with Crippen LogP contribution in [0.15, 0.2) is 0 Å². The third kappa shape index (κ3) is 3.75. The molecule has 2 atom stereocenters. The monoisotopic (exact) mass is 281 g/mol. The summed E-state index contributed by atoms with van der Waals surface area (Å²) in [6.45, 7) is 7.33. The second kappa shape index (κ2) is 6.93. The fourth-order valence-corrected chi connectivity index (χ4v) is 4.03. The van der Waals surface area contributed by atoms with Gasteiger partial charge in [0.2, 0.25) is 5.91 Å². The minimum atomic E-state index is -0.301. The van der Waals surface area contributed by atoms with Crippen LogP contribution in [0.2, 0.25) is 0 Å². The van der Waals surface area contributed by atoms with E-state index in [4.69, 9.17) is 0 Å². The number of likely N-dealkylation sites (tertiary alicyclic amines) is 1. The van der Waals surface area contributed by atoms with Crippen molar-refractivity contribution in [3.05, 3.63) is 0 Å². The average molecular weight is 281 g/mol. The maximum Gasteiger partial charge on any atom is 0.225 e. The van der Waals surface area contributed by atoms with E-state index in [-0.39, 0.29) is 18.1 Å². The normalized spacial score (nSPS) is 32.6. The number of rotatable bonds is 4. The van der Waals surface area contributed by atoms with Gasteiger partial charge in [-0.2, -0.15) is 0 Å². The molecule has 0 aromatic rings. The number of amides is 1. The quantitative estimate of drug-likeness (QED) is 0.859. The number of carbonyl (C=O) groups is 1. The summed E-state index contributed by atoms with van der Waals surface area (Å²) in [5, 5.41) is 9.58. The van der Waals surface area contributed by atoms with E-state index >= 15 is 0 Å². The molecule has 20 heavy (non-hydrogen) atoms. The van der Waals surface area contributed by atoms with Gasteiger partial charge in [0, 0.05) is 18.5 Å². The smallest absolute Gasteiger partial charge is 0.225 e. The Morgan fingerprint density at radius 2 is 1.80 bits per heavy atom. The number of carbonyl (C=O) groups excluding carboxylic acids is 1. The molecular weight excluding hydrogens is 250 g/mol. The van der Waals surface area contributed by atoms with Crippen LogP contribution >= 0.6 is 0 Å². The highest BCUT2D eigenvalue weighted by Gasteiger charge is 2.35. The van der Waals surface area contributed by atoms with Crippen molar-refractivity contribution >= 4 is 5.91 Å². The first-order valence-corrected chi connectivity index (χ1v) is 8.47. The van der Waals surface area contributed by atoms with Gasteiger partial charge in [-0.05, 0) is 63.7 Å². The van der Waals surface area contributed by atoms with Crippen molar-refractivity contribution in [3.63, 3.8) is 0 Å². The predicted molar refractivity (Wildman–Crippen MR) is 81.3 cm³/mol. The Bertz CT molecular complexity index is 319. The molecule has 0 aromatic heterocycles. The molecule has 1 saturated heterocycles. The van der Waals surface area contributed by atoms with E-state index in [9.17, 15) is 9.90 Å². The first-order valence-electron chi connectivity index (χ1n) is 8.47. The van der Waals surface area contributed by atoms with Crippen molar-refractivity contribution in [3.8, 4) is 0 Å². The lowest BCUT2D eigenvalue weighted by molar-refractivity contribution is -0.138. The number of aliphatic hydroxyl groups is 1. The Kier molecular flexibility index (Phi) is 5.48. The fourth-order valence-electron chi connectivity index (χ4n) is 4.03. The fraction of sp³-hybridized carbons (Fsp3) is 0.941. The molecule has 1 saturated carbocycles. The minimum Gasteiger partial charge on any atom is -0.393 e.